The van der Waals surface area contributed by atoms with Crippen molar-refractivity contribution in [2.75, 3.05) is 0 Å². The molecule has 3 rings (SSSR count). The molecule has 20 heavy (non-hydrogen) atoms. The van der Waals surface area contributed by atoms with Gasteiger partial charge in [-0.15, -0.1) is 12.4 Å². The van der Waals surface area contributed by atoms with Crippen LogP contribution in [0.3, 0.4) is 0 Å². The number of benzene rings is 1. The highest BCUT2D eigenvalue weighted by Crippen LogP contribution is 2.39. The molecule has 1 aliphatic rings. The topological polar surface area (TPSA) is 38.0 Å². The Hall–Kier alpha value is -0.740. The Bertz CT molecular complexity index is 596. The molecule has 108 valence electrons. The van der Waals surface area contributed by atoms with Crippen LogP contribution in [0.4, 0.5) is 0 Å². The maximum atomic E-state index is 10.3. The molecule has 1 aromatic carbocycles. The number of aliphatic hydroxyl groups is 1. The van der Waals surface area contributed by atoms with Gasteiger partial charge < -0.3 is 9.67 Å². The van der Waals surface area contributed by atoms with Gasteiger partial charge in [0.05, 0.1) is 12.6 Å². The molecule has 1 aliphatic carbocycles. The summed E-state index contributed by atoms with van der Waals surface area (Å²) in [6.07, 6.45) is 5.41. The lowest BCUT2D eigenvalue weighted by Crippen LogP contribution is -2.11. The summed E-state index contributed by atoms with van der Waals surface area (Å²) < 4.78 is 2.01. The van der Waals surface area contributed by atoms with Crippen LogP contribution in [0.5, 0.6) is 0 Å². The van der Waals surface area contributed by atoms with Gasteiger partial charge in [-0.05, 0) is 25.0 Å². The summed E-state index contributed by atoms with van der Waals surface area (Å²) in [6, 6.07) is 5.15. The van der Waals surface area contributed by atoms with Gasteiger partial charge in [-0.3, -0.25) is 0 Å². The number of imidazole rings is 1. The van der Waals surface area contributed by atoms with Gasteiger partial charge in [0.25, 0.3) is 0 Å². The van der Waals surface area contributed by atoms with Gasteiger partial charge in [0.1, 0.15) is 5.82 Å². The first kappa shape index (κ1) is 15.6. The van der Waals surface area contributed by atoms with Gasteiger partial charge in [-0.2, -0.15) is 0 Å². The first-order valence-corrected chi connectivity index (χ1v) is 7.05. The number of hydrogen-bond acceptors (Lipinski definition) is 2. The molecule has 1 aromatic heterocycles. The van der Waals surface area contributed by atoms with E-state index in [0.717, 1.165) is 5.82 Å². The third-order valence-electron chi connectivity index (χ3n) is 3.38. The molecule has 1 atom stereocenters. The summed E-state index contributed by atoms with van der Waals surface area (Å²) in [7, 11) is 0. The molecule has 6 heteroatoms. The minimum atomic E-state index is -0.656. The van der Waals surface area contributed by atoms with Gasteiger partial charge in [0.15, 0.2) is 0 Å². The average Bonchev–Trinajstić information content (AvgIpc) is 3.10. The largest absolute Gasteiger partial charge is 0.386 e. The first-order valence-electron chi connectivity index (χ1n) is 6.29. The zero-order chi connectivity index (χ0) is 13.4. The van der Waals surface area contributed by atoms with Crippen molar-refractivity contribution >= 4 is 35.6 Å². The lowest BCUT2D eigenvalue weighted by molar-refractivity contribution is 0.155. The molecule has 0 spiro atoms. The molecule has 1 unspecified atom stereocenters. The summed E-state index contributed by atoms with van der Waals surface area (Å²) in [6.45, 7) is 0.465. The van der Waals surface area contributed by atoms with Crippen LogP contribution in [0.25, 0.3) is 0 Å². The smallest absolute Gasteiger partial charge is 0.111 e. The van der Waals surface area contributed by atoms with E-state index in [-0.39, 0.29) is 12.4 Å². The van der Waals surface area contributed by atoms with Crippen LogP contribution in [0.15, 0.2) is 30.6 Å². The number of rotatable bonds is 4. The second kappa shape index (κ2) is 6.35. The molecule has 1 fully saturated rings. The summed E-state index contributed by atoms with van der Waals surface area (Å²) in [5.41, 5.74) is 0.696. The molecule has 1 saturated carbocycles. The van der Waals surface area contributed by atoms with E-state index in [1.165, 1.54) is 12.8 Å². The third kappa shape index (κ3) is 3.29. The van der Waals surface area contributed by atoms with Gasteiger partial charge in [-0.25, -0.2) is 4.98 Å². The fourth-order valence-electron chi connectivity index (χ4n) is 2.23. The van der Waals surface area contributed by atoms with Crippen LogP contribution in [0.1, 0.15) is 36.3 Å². The van der Waals surface area contributed by atoms with Crippen molar-refractivity contribution in [1.82, 2.24) is 9.55 Å². The van der Waals surface area contributed by atoms with Crippen molar-refractivity contribution in [2.45, 2.75) is 31.4 Å². The lowest BCUT2D eigenvalue weighted by atomic mass is 10.1. The van der Waals surface area contributed by atoms with Crippen LogP contribution < -0.4 is 0 Å². The molecule has 0 amide bonds. The highest BCUT2D eigenvalue weighted by molar-refractivity contribution is 6.35. The number of aliphatic hydroxyl groups excluding tert-OH is 1. The summed E-state index contributed by atoms with van der Waals surface area (Å²) in [5.74, 6) is 1.62. The summed E-state index contributed by atoms with van der Waals surface area (Å²) in [5, 5.41) is 11.4. The van der Waals surface area contributed by atoms with Gasteiger partial charge in [-0.1, -0.05) is 29.3 Å². The van der Waals surface area contributed by atoms with Crippen molar-refractivity contribution in [3.8, 4) is 0 Å². The van der Waals surface area contributed by atoms with E-state index in [1.54, 1.807) is 24.4 Å². The predicted octanol–water partition coefficient (Wildman–Crippen LogP) is 4.22. The van der Waals surface area contributed by atoms with E-state index >= 15 is 0 Å². The zero-order valence-electron chi connectivity index (χ0n) is 10.7. The monoisotopic (exact) mass is 332 g/mol. The Morgan fingerprint density at radius 1 is 1.35 bits per heavy atom. The SMILES string of the molecule is Cl.OC(Cn1ccnc1C1CC1)c1ccc(Cl)cc1Cl. The van der Waals surface area contributed by atoms with Crippen LogP contribution in [0, 0.1) is 0 Å². The quantitative estimate of drug-likeness (QED) is 0.909. The highest BCUT2D eigenvalue weighted by atomic mass is 35.5. The van der Waals surface area contributed by atoms with Crippen molar-refractivity contribution in [3.63, 3.8) is 0 Å². The van der Waals surface area contributed by atoms with Crippen LogP contribution >= 0.6 is 35.6 Å². The van der Waals surface area contributed by atoms with Crippen molar-refractivity contribution < 1.29 is 5.11 Å². The molecular weight excluding hydrogens is 319 g/mol. The molecule has 0 aliphatic heterocycles. The Kier molecular flexibility index (Phi) is 4.97. The maximum absolute atomic E-state index is 10.3. The molecule has 1 N–H and O–H groups in total. The van der Waals surface area contributed by atoms with E-state index in [9.17, 15) is 5.11 Å². The van der Waals surface area contributed by atoms with Crippen LogP contribution in [0.2, 0.25) is 10.0 Å². The van der Waals surface area contributed by atoms with Gasteiger partial charge >= 0.3 is 0 Å². The predicted molar refractivity (Wildman–Crippen MR) is 82.9 cm³/mol. The molecule has 3 nitrogen and oxygen atoms in total. The van der Waals surface area contributed by atoms with Gasteiger partial charge in [0, 0.05) is 33.9 Å². The first-order chi connectivity index (χ1) is 9.15. The third-order valence-corrected chi connectivity index (χ3v) is 3.94. The number of hydrogen-bond donors (Lipinski definition) is 1. The Morgan fingerprint density at radius 2 is 2.10 bits per heavy atom. The van der Waals surface area contributed by atoms with Crippen LogP contribution in [-0.4, -0.2) is 14.7 Å². The minimum absolute atomic E-state index is 0. The summed E-state index contributed by atoms with van der Waals surface area (Å²) >= 11 is 12.0. The Balaban J connectivity index is 0.00000147. The standard InChI is InChI=1S/C14H14Cl2N2O.ClH/c15-10-3-4-11(12(16)7-10)13(19)8-18-6-5-17-14(18)9-1-2-9;/h3-7,9,13,19H,1-2,8H2;1H. The lowest BCUT2D eigenvalue weighted by Gasteiger charge is -2.15. The second-order valence-corrected chi connectivity index (χ2v) is 5.74. The molecule has 2 aromatic rings. The highest BCUT2D eigenvalue weighted by Gasteiger charge is 2.28. The summed E-state index contributed by atoms with van der Waals surface area (Å²) in [4.78, 5) is 4.36. The van der Waals surface area contributed by atoms with E-state index in [4.69, 9.17) is 23.2 Å². The molecular formula is C14H15Cl3N2O. The van der Waals surface area contributed by atoms with Crippen LogP contribution in [-0.2, 0) is 6.54 Å². The number of nitrogens with zero attached hydrogens (tertiary/aromatic N) is 2. The number of aromatic nitrogens is 2. The van der Waals surface area contributed by atoms with E-state index in [1.807, 2.05) is 10.8 Å². The molecule has 0 saturated heterocycles. The fourth-order valence-corrected chi connectivity index (χ4v) is 2.77. The maximum Gasteiger partial charge on any atom is 0.111 e. The second-order valence-electron chi connectivity index (χ2n) is 4.89. The Morgan fingerprint density at radius 3 is 2.75 bits per heavy atom. The van der Waals surface area contributed by atoms with E-state index in [0.29, 0.717) is 28.1 Å². The average molecular weight is 334 g/mol. The van der Waals surface area contributed by atoms with E-state index < -0.39 is 6.10 Å². The Labute approximate surface area is 134 Å². The van der Waals surface area contributed by atoms with E-state index in [2.05, 4.69) is 4.98 Å². The van der Waals surface area contributed by atoms with Crippen molar-refractivity contribution in [2.24, 2.45) is 0 Å². The van der Waals surface area contributed by atoms with Crippen molar-refractivity contribution in [1.29, 1.82) is 0 Å². The fraction of sp³-hybridized carbons (Fsp3) is 0.357. The van der Waals surface area contributed by atoms with Crippen molar-refractivity contribution in [3.05, 3.63) is 52.0 Å². The minimum Gasteiger partial charge on any atom is -0.386 e. The van der Waals surface area contributed by atoms with Gasteiger partial charge in [0.2, 0.25) is 0 Å². The zero-order valence-corrected chi connectivity index (χ0v) is 13.0. The normalized spacial score (nSPS) is 15.8. The molecule has 0 radical (unpaired) electrons. The molecule has 0 bridgehead atoms. The number of halogens is 3. The molecule has 1 heterocycles.